The van der Waals surface area contributed by atoms with E-state index in [2.05, 4.69) is 74.2 Å². The van der Waals surface area contributed by atoms with Gasteiger partial charge in [-0.2, -0.15) is 11.8 Å². The van der Waals surface area contributed by atoms with E-state index in [1.165, 1.54) is 22.4 Å². The molecule has 0 bridgehead atoms. The van der Waals surface area contributed by atoms with Crippen molar-refractivity contribution in [3.8, 4) is 0 Å². The summed E-state index contributed by atoms with van der Waals surface area (Å²) in [5, 5.41) is 11.8. The van der Waals surface area contributed by atoms with E-state index in [1.54, 1.807) is 0 Å². The second-order valence-corrected chi connectivity index (χ2v) is 12.6. The Labute approximate surface area is 214 Å². The van der Waals surface area contributed by atoms with E-state index < -0.39 is 5.60 Å². The largest absolute Gasteiger partial charge is 0.385 e. The number of thioether (sulfide) groups is 1. The van der Waals surface area contributed by atoms with Crippen LogP contribution in [0.4, 0.5) is 5.69 Å². The van der Waals surface area contributed by atoms with Crippen LogP contribution in [0.2, 0.25) is 5.02 Å². The van der Waals surface area contributed by atoms with Gasteiger partial charge in [0.1, 0.15) is 0 Å². The molecule has 0 radical (unpaired) electrons. The molecule has 1 fully saturated rings. The second kappa shape index (κ2) is 10.8. The van der Waals surface area contributed by atoms with E-state index in [9.17, 15) is 5.11 Å². The molecule has 2 nitrogen and oxygen atoms in total. The third-order valence-electron chi connectivity index (χ3n) is 6.67. The fourth-order valence-electron chi connectivity index (χ4n) is 4.45. The standard InChI is InChI=1S/C30H36ClNOS/c1-29(2,3)34-22-25-8-6-23(7-9-25)4-5-24-10-16-28(17-11-24)32-20-18-30(33,19-21-32)26-12-14-27(31)15-13-26/h6-17,33H,4-5,18-22H2,1-3H3. The second-order valence-electron chi connectivity index (χ2n) is 10.4. The molecule has 0 aromatic heterocycles. The van der Waals surface area contributed by atoms with E-state index in [-0.39, 0.29) is 0 Å². The highest BCUT2D eigenvalue weighted by Crippen LogP contribution is 2.35. The molecule has 1 saturated heterocycles. The summed E-state index contributed by atoms with van der Waals surface area (Å²) in [6.07, 6.45) is 3.55. The fraction of sp³-hybridized carbons (Fsp3) is 0.400. The van der Waals surface area contributed by atoms with Gasteiger partial charge in [0, 0.05) is 34.3 Å². The van der Waals surface area contributed by atoms with Gasteiger partial charge in [-0.15, -0.1) is 0 Å². The maximum Gasteiger partial charge on any atom is 0.0930 e. The topological polar surface area (TPSA) is 23.5 Å². The molecule has 34 heavy (non-hydrogen) atoms. The average molecular weight is 494 g/mol. The molecular weight excluding hydrogens is 458 g/mol. The maximum atomic E-state index is 11.1. The number of piperidine rings is 1. The van der Waals surface area contributed by atoms with Gasteiger partial charge in [0.2, 0.25) is 0 Å². The Kier molecular flexibility index (Phi) is 7.97. The van der Waals surface area contributed by atoms with Crippen LogP contribution >= 0.6 is 23.4 Å². The quantitative estimate of drug-likeness (QED) is 0.365. The van der Waals surface area contributed by atoms with E-state index in [0.29, 0.717) is 9.77 Å². The van der Waals surface area contributed by atoms with Crippen LogP contribution in [-0.2, 0) is 24.2 Å². The number of hydrogen-bond acceptors (Lipinski definition) is 3. The van der Waals surface area contributed by atoms with Gasteiger partial charge in [-0.25, -0.2) is 0 Å². The molecule has 0 unspecified atom stereocenters. The highest BCUT2D eigenvalue weighted by Gasteiger charge is 2.34. The SMILES string of the molecule is CC(C)(C)SCc1ccc(CCc2ccc(N3CCC(O)(c4ccc(Cl)cc4)CC3)cc2)cc1. The van der Waals surface area contributed by atoms with Crippen LogP contribution < -0.4 is 4.90 Å². The molecule has 3 aromatic rings. The Morgan fingerprint density at radius 1 is 0.794 bits per heavy atom. The van der Waals surface area contributed by atoms with Gasteiger partial charge < -0.3 is 10.0 Å². The Morgan fingerprint density at radius 3 is 1.82 bits per heavy atom. The summed E-state index contributed by atoms with van der Waals surface area (Å²) in [4.78, 5) is 2.38. The number of aliphatic hydroxyl groups is 1. The zero-order chi connectivity index (χ0) is 24.2. The molecule has 3 aromatic carbocycles. The van der Waals surface area contributed by atoms with Crippen molar-refractivity contribution >= 4 is 29.1 Å². The van der Waals surface area contributed by atoms with Crippen LogP contribution in [0.15, 0.2) is 72.8 Å². The minimum absolute atomic E-state index is 0.303. The number of anilines is 1. The lowest BCUT2D eigenvalue weighted by Gasteiger charge is -2.39. The van der Waals surface area contributed by atoms with Gasteiger partial charge >= 0.3 is 0 Å². The monoisotopic (exact) mass is 493 g/mol. The van der Waals surface area contributed by atoms with Crippen molar-refractivity contribution in [1.29, 1.82) is 0 Å². The molecule has 4 rings (SSSR count). The van der Waals surface area contributed by atoms with Crippen molar-refractivity contribution in [1.82, 2.24) is 0 Å². The van der Waals surface area contributed by atoms with Crippen molar-refractivity contribution in [3.63, 3.8) is 0 Å². The number of hydrogen-bond donors (Lipinski definition) is 1. The van der Waals surface area contributed by atoms with E-state index in [1.807, 2.05) is 36.0 Å². The molecule has 0 saturated carbocycles. The van der Waals surface area contributed by atoms with Crippen LogP contribution in [0.3, 0.4) is 0 Å². The van der Waals surface area contributed by atoms with Crippen molar-refractivity contribution < 1.29 is 5.11 Å². The van der Waals surface area contributed by atoms with Gasteiger partial charge in [-0.3, -0.25) is 0 Å². The van der Waals surface area contributed by atoms with Crippen LogP contribution in [-0.4, -0.2) is 22.9 Å². The molecule has 0 amide bonds. The van der Waals surface area contributed by atoms with E-state index in [4.69, 9.17) is 11.6 Å². The lowest BCUT2D eigenvalue weighted by Crippen LogP contribution is -2.42. The summed E-state index contributed by atoms with van der Waals surface area (Å²) in [5.41, 5.74) is 5.60. The Balaban J connectivity index is 1.27. The maximum absolute atomic E-state index is 11.1. The zero-order valence-electron chi connectivity index (χ0n) is 20.6. The highest BCUT2D eigenvalue weighted by atomic mass is 35.5. The predicted molar refractivity (Wildman–Crippen MR) is 148 cm³/mol. The normalized spacial score (nSPS) is 16.0. The molecule has 180 valence electrons. The van der Waals surface area contributed by atoms with E-state index >= 15 is 0 Å². The zero-order valence-corrected chi connectivity index (χ0v) is 22.1. The molecule has 0 spiro atoms. The summed E-state index contributed by atoms with van der Waals surface area (Å²) < 4.78 is 0.303. The first-order valence-electron chi connectivity index (χ1n) is 12.2. The third kappa shape index (κ3) is 6.81. The summed E-state index contributed by atoms with van der Waals surface area (Å²) in [6.45, 7) is 8.49. The van der Waals surface area contributed by atoms with Gasteiger partial charge in [0.05, 0.1) is 5.60 Å². The number of nitrogens with zero attached hydrogens (tertiary/aromatic N) is 1. The molecule has 1 N–H and O–H groups in total. The minimum atomic E-state index is -0.762. The number of aryl methyl sites for hydroxylation is 2. The summed E-state index contributed by atoms with van der Waals surface area (Å²) in [7, 11) is 0. The molecule has 0 aliphatic carbocycles. The lowest BCUT2D eigenvalue weighted by atomic mass is 9.84. The van der Waals surface area contributed by atoms with Gasteiger partial charge in [-0.05, 0) is 72.2 Å². The highest BCUT2D eigenvalue weighted by molar-refractivity contribution is 7.99. The van der Waals surface area contributed by atoms with Gasteiger partial charge in [0.15, 0.2) is 0 Å². The number of benzene rings is 3. The molecule has 1 heterocycles. The number of rotatable bonds is 7. The Hall–Kier alpha value is -1.94. The molecule has 0 atom stereocenters. The van der Waals surface area contributed by atoms with Crippen LogP contribution in [0.25, 0.3) is 0 Å². The first-order valence-corrected chi connectivity index (χ1v) is 13.6. The van der Waals surface area contributed by atoms with Gasteiger partial charge in [-0.1, -0.05) is 80.9 Å². The fourth-order valence-corrected chi connectivity index (χ4v) is 5.37. The van der Waals surface area contributed by atoms with Crippen molar-refractivity contribution in [2.75, 3.05) is 18.0 Å². The molecule has 4 heteroatoms. The summed E-state index contributed by atoms with van der Waals surface area (Å²) >= 11 is 8.00. The van der Waals surface area contributed by atoms with E-state index in [0.717, 1.165) is 50.1 Å². The number of halogens is 1. The minimum Gasteiger partial charge on any atom is -0.385 e. The van der Waals surface area contributed by atoms with Crippen LogP contribution in [0.5, 0.6) is 0 Å². The molecule has 1 aliphatic rings. The van der Waals surface area contributed by atoms with Gasteiger partial charge in [0.25, 0.3) is 0 Å². The Morgan fingerprint density at radius 2 is 1.29 bits per heavy atom. The Bertz CT molecular complexity index is 1050. The van der Waals surface area contributed by atoms with Crippen LogP contribution in [0.1, 0.15) is 55.9 Å². The first kappa shape index (κ1) is 25.2. The predicted octanol–water partition coefficient (Wildman–Crippen LogP) is 7.64. The van der Waals surface area contributed by atoms with Crippen molar-refractivity contribution in [2.24, 2.45) is 0 Å². The lowest BCUT2D eigenvalue weighted by molar-refractivity contribution is 0.0118. The molecule has 1 aliphatic heterocycles. The first-order chi connectivity index (χ1) is 16.2. The van der Waals surface area contributed by atoms with Crippen molar-refractivity contribution in [3.05, 3.63) is 100 Å². The third-order valence-corrected chi connectivity index (χ3v) is 8.27. The average Bonchev–Trinajstić information content (AvgIpc) is 2.83. The summed E-state index contributed by atoms with van der Waals surface area (Å²) in [5.74, 6) is 1.07. The van der Waals surface area contributed by atoms with Crippen LogP contribution in [0, 0.1) is 0 Å². The van der Waals surface area contributed by atoms with Crippen molar-refractivity contribution in [2.45, 2.75) is 62.6 Å². The smallest absolute Gasteiger partial charge is 0.0930 e. The molecular formula is C30H36ClNOS. The summed E-state index contributed by atoms with van der Waals surface area (Å²) in [6, 6.07) is 25.7.